The summed E-state index contributed by atoms with van der Waals surface area (Å²) in [5.74, 6) is 0.0320. The third-order valence-corrected chi connectivity index (χ3v) is 6.16. The van der Waals surface area contributed by atoms with E-state index >= 15 is 0 Å². The number of hydrogen-bond acceptors (Lipinski definition) is 4. The van der Waals surface area contributed by atoms with E-state index in [4.69, 9.17) is 0 Å². The highest BCUT2D eigenvalue weighted by molar-refractivity contribution is 7.09. The molecule has 124 valence electrons. The first-order valence-electron chi connectivity index (χ1n) is 7.76. The molecule has 7 heteroatoms. The normalized spacial score (nSPS) is 20.6. The molecule has 1 N–H and O–H groups in total. The van der Waals surface area contributed by atoms with Crippen molar-refractivity contribution in [3.8, 4) is 0 Å². The SMILES string of the molecule is CN1C(=O)N[C@@H](c2ccsc2)C2=C1CN(CCc1cccs1)C2=O. The lowest BCUT2D eigenvalue weighted by molar-refractivity contribution is -0.125. The average molecular weight is 359 g/mol. The van der Waals surface area contributed by atoms with Crippen LogP contribution >= 0.6 is 22.7 Å². The number of amides is 3. The van der Waals surface area contributed by atoms with Gasteiger partial charge >= 0.3 is 6.03 Å². The Morgan fingerprint density at radius 1 is 1.29 bits per heavy atom. The lowest BCUT2D eigenvalue weighted by Crippen LogP contribution is -2.45. The van der Waals surface area contributed by atoms with E-state index in [9.17, 15) is 9.59 Å². The number of likely N-dealkylation sites (N-methyl/N-ethyl adjacent to an activating group) is 1. The first kappa shape index (κ1) is 15.4. The molecule has 0 radical (unpaired) electrons. The van der Waals surface area contributed by atoms with Gasteiger partial charge in [0.15, 0.2) is 0 Å². The van der Waals surface area contributed by atoms with Gasteiger partial charge in [-0.15, -0.1) is 11.3 Å². The molecule has 3 amide bonds. The molecule has 0 aliphatic carbocycles. The summed E-state index contributed by atoms with van der Waals surface area (Å²) in [6, 6.07) is 5.58. The van der Waals surface area contributed by atoms with Crippen LogP contribution in [0.2, 0.25) is 0 Å². The van der Waals surface area contributed by atoms with E-state index < -0.39 is 0 Å². The maximum atomic E-state index is 13.0. The number of nitrogens with zero attached hydrogens (tertiary/aromatic N) is 2. The van der Waals surface area contributed by atoms with Crippen molar-refractivity contribution in [1.82, 2.24) is 15.1 Å². The van der Waals surface area contributed by atoms with Crippen LogP contribution in [0, 0.1) is 0 Å². The van der Waals surface area contributed by atoms with Crippen molar-refractivity contribution in [2.45, 2.75) is 12.5 Å². The number of carbonyl (C=O) groups is 2. The molecule has 2 aromatic heterocycles. The molecular weight excluding hydrogens is 342 g/mol. The van der Waals surface area contributed by atoms with Crippen LogP contribution in [0.15, 0.2) is 45.6 Å². The minimum absolute atomic E-state index is 0.0320. The second-order valence-corrected chi connectivity index (χ2v) is 7.73. The molecule has 24 heavy (non-hydrogen) atoms. The summed E-state index contributed by atoms with van der Waals surface area (Å²) < 4.78 is 0. The fourth-order valence-electron chi connectivity index (χ4n) is 3.19. The molecule has 0 unspecified atom stereocenters. The molecule has 0 fully saturated rings. The molecule has 0 saturated heterocycles. The molecule has 0 bridgehead atoms. The predicted octanol–water partition coefficient (Wildman–Crippen LogP) is 2.84. The van der Waals surface area contributed by atoms with E-state index in [0.29, 0.717) is 18.7 Å². The van der Waals surface area contributed by atoms with Gasteiger partial charge in [-0.05, 0) is 40.3 Å². The van der Waals surface area contributed by atoms with Crippen LogP contribution in [-0.2, 0) is 11.2 Å². The molecule has 0 aromatic carbocycles. The highest BCUT2D eigenvalue weighted by atomic mass is 32.1. The molecule has 4 heterocycles. The number of hydrogen-bond donors (Lipinski definition) is 1. The van der Waals surface area contributed by atoms with Crippen molar-refractivity contribution in [2.75, 3.05) is 20.1 Å². The number of carbonyl (C=O) groups excluding carboxylic acids is 2. The minimum Gasteiger partial charge on any atom is -0.333 e. The van der Waals surface area contributed by atoms with Gasteiger partial charge in [0.2, 0.25) is 0 Å². The van der Waals surface area contributed by atoms with Gasteiger partial charge in [0, 0.05) is 18.5 Å². The van der Waals surface area contributed by atoms with Gasteiger partial charge in [0.25, 0.3) is 5.91 Å². The molecule has 2 aliphatic heterocycles. The Morgan fingerprint density at radius 3 is 2.88 bits per heavy atom. The van der Waals surface area contributed by atoms with Crippen molar-refractivity contribution in [1.29, 1.82) is 0 Å². The molecular formula is C17H17N3O2S2. The van der Waals surface area contributed by atoms with Crippen LogP contribution in [0.25, 0.3) is 0 Å². The van der Waals surface area contributed by atoms with Crippen LogP contribution < -0.4 is 5.32 Å². The molecule has 5 nitrogen and oxygen atoms in total. The van der Waals surface area contributed by atoms with Gasteiger partial charge in [0.1, 0.15) is 0 Å². The van der Waals surface area contributed by atoms with Gasteiger partial charge in [-0.2, -0.15) is 11.3 Å². The quantitative estimate of drug-likeness (QED) is 0.913. The average Bonchev–Trinajstić information content (AvgIpc) is 3.31. The van der Waals surface area contributed by atoms with Crippen LogP contribution in [0.1, 0.15) is 16.5 Å². The Balaban J connectivity index is 1.59. The molecule has 2 aliphatic rings. The third kappa shape index (κ3) is 2.53. The standard InChI is InChI=1S/C17H17N3O2S2/c1-19-13-9-20(6-4-12-3-2-7-24-12)16(21)14(13)15(18-17(19)22)11-5-8-23-10-11/h2-3,5,7-8,10,15H,4,6,9H2,1H3,(H,18,22)/t15-/m0/s1. The monoisotopic (exact) mass is 359 g/mol. The third-order valence-electron chi connectivity index (χ3n) is 4.52. The zero-order valence-corrected chi connectivity index (χ0v) is 14.8. The topological polar surface area (TPSA) is 52.7 Å². The molecule has 2 aromatic rings. The highest BCUT2D eigenvalue weighted by Gasteiger charge is 2.42. The van der Waals surface area contributed by atoms with Crippen LogP contribution in [0.5, 0.6) is 0 Å². The first-order valence-corrected chi connectivity index (χ1v) is 9.58. The zero-order valence-electron chi connectivity index (χ0n) is 13.2. The number of urea groups is 1. The van der Waals surface area contributed by atoms with Crippen LogP contribution in [0.3, 0.4) is 0 Å². The highest BCUT2D eigenvalue weighted by Crippen LogP contribution is 2.36. The van der Waals surface area contributed by atoms with E-state index in [1.165, 1.54) is 4.88 Å². The molecule has 0 saturated carbocycles. The summed E-state index contributed by atoms with van der Waals surface area (Å²) in [7, 11) is 1.73. The number of nitrogens with one attached hydrogen (secondary N) is 1. The van der Waals surface area contributed by atoms with E-state index in [2.05, 4.69) is 11.4 Å². The van der Waals surface area contributed by atoms with Crippen molar-refractivity contribution in [3.63, 3.8) is 0 Å². The van der Waals surface area contributed by atoms with Crippen LogP contribution in [-0.4, -0.2) is 41.9 Å². The summed E-state index contributed by atoms with van der Waals surface area (Å²) in [5.41, 5.74) is 2.51. The second-order valence-electron chi connectivity index (χ2n) is 5.91. The summed E-state index contributed by atoms with van der Waals surface area (Å²) in [4.78, 5) is 29.9. The Kier molecular flexibility index (Phi) is 3.90. The van der Waals surface area contributed by atoms with Gasteiger partial charge in [-0.25, -0.2) is 4.79 Å². The van der Waals surface area contributed by atoms with Gasteiger partial charge in [-0.3, -0.25) is 9.69 Å². The molecule has 4 rings (SSSR count). The van der Waals surface area contributed by atoms with Crippen molar-refractivity contribution >= 4 is 34.6 Å². The second kappa shape index (κ2) is 6.07. The van der Waals surface area contributed by atoms with E-state index in [1.807, 2.05) is 33.2 Å². The fourth-order valence-corrected chi connectivity index (χ4v) is 4.58. The van der Waals surface area contributed by atoms with E-state index in [0.717, 1.165) is 17.7 Å². The zero-order chi connectivity index (χ0) is 16.7. The molecule has 1 atom stereocenters. The Morgan fingerprint density at radius 2 is 2.17 bits per heavy atom. The van der Waals surface area contributed by atoms with Crippen molar-refractivity contribution in [3.05, 3.63) is 56.1 Å². The van der Waals surface area contributed by atoms with Crippen molar-refractivity contribution < 1.29 is 9.59 Å². The number of thiophene rings is 2. The Hall–Kier alpha value is -2.12. The van der Waals surface area contributed by atoms with Crippen LogP contribution in [0.4, 0.5) is 4.79 Å². The van der Waals surface area contributed by atoms with Gasteiger partial charge in [-0.1, -0.05) is 6.07 Å². The summed E-state index contributed by atoms with van der Waals surface area (Å²) in [6.45, 7) is 1.18. The predicted molar refractivity (Wildman–Crippen MR) is 95.0 cm³/mol. The maximum Gasteiger partial charge on any atom is 0.322 e. The lowest BCUT2D eigenvalue weighted by atomic mass is 9.98. The molecule has 0 spiro atoms. The fraction of sp³-hybridized carbons (Fsp3) is 0.294. The number of rotatable bonds is 4. The van der Waals surface area contributed by atoms with E-state index in [1.54, 1.807) is 34.6 Å². The van der Waals surface area contributed by atoms with Gasteiger partial charge in [0.05, 0.1) is 23.9 Å². The van der Waals surface area contributed by atoms with Crippen molar-refractivity contribution in [2.24, 2.45) is 0 Å². The Bertz CT molecular complexity index is 796. The minimum atomic E-state index is -0.339. The largest absolute Gasteiger partial charge is 0.333 e. The summed E-state index contributed by atoms with van der Waals surface area (Å²) >= 11 is 3.27. The maximum absolute atomic E-state index is 13.0. The summed E-state index contributed by atoms with van der Waals surface area (Å²) in [5, 5.41) is 8.95. The Labute approximate surface area is 148 Å². The first-order chi connectivity index (χ1) is 11.6. The lowest BCUT2D eigenvalue weighted by Gasteiger charge is -2.30. The van der Waals surface area contributed by atoms with Gasteiger partial charge < -0.3 is 10.2 Å². The summed E-state index contributed by atoms with van der Waals surface area (Å²) in [6.07, 6.45) is 0.845. The van der Waals surface area contributed by atoms with E-state index in [-0.39, 0.29) is 18.0 Å². The smallest absolute Gasteiger partial charge is 0.322 e.